The topological polar surface area (TPSA) is 83.6 Å². The number of aliphatic imine (C=N–C) groups is 2. The number of hydrogen-bond acceptors (Lipinski definition) is 6. The lowest BCUT2D eigenvalue weighted by molar-refractivity contribution is 0.302. The highest BCUT2D eigenvalue weighted by Crippen LogP contribution is 2.24. The van der Waals surface area contributed by atoms with Crippen LogP contribution in [0.15, 0.2) is 46.4 Å². The Bertz CT molecular complexity index is 1120. The smallest absolute Gasteiger partial charge is 0.128 e. The molecule has 0 radical (unpaired) electrons. The monoisotopic (exact) mass is 651 g/mol. The summed E-state index contributed by atoms with van der Waals surface area (Å²) >= 11 is 0. The molecule has 6 nitrogen and oxygen atoms in total. The molecule has 47 heavy (non-hydrogen) atoms. The van der Waals surface area contributed by atoms with Crippen LogP contribution in [-0.4, -0.2) is 48.4 Å². The minimum atomic E-state index is -0.0799. The van der Waals surface area contributed by atoms with Gasteiger partial charge in [0.05, 0.1) is 25.8 Å². The van der Waals surface area contributed by atoms with Crippen LogP contribution in [0.5, 0.6) is 23.0 Å². The first-order valence-corrected chi connectivity index (χ1v) is 19.0. The van der Waals surface area contributed by atoms with E-state index in [1.807, 2.05) is 31.2 Å². The van der Waals surface area contributed by atoms with E-state index < -0.39 is 0 Å². The Morgan fingerprint density at radius 3 is 1.34 bits per heavy atom. The lowest BCUT2D eigenvalue weighted by Gasteiger charge is -2.09. The van der Waals surface area contributed by atoms with Crippen LogP contribution in [0.2, 0.25) is 0 Å². The number of aromatic hydroxyl groups is 2. The summed E-state index contributed by atoms with van der Waals surface area (Å²) in [4.78, 5) is 9.01. The minimum Gasteiger partial charge on any atom is -0.507 e. The lowest BCUT2D eigenvalue weighted by Crippen LogP contribution is -2.04. The number of nitrogens with zero attached hydrogens (tertiary/aromatic N) is 2. The van der Waals surface area contributed by atoms with Gasteiger partial charge in [-0.3, -0.25) is 9.98 Å². The van der Waals surface area contributed by atoms with E-state index in [0.29, 0.717) is 42.4 Å². The predicted molar refractivity (Wildman–Crippen MR) is 200 cm³/mol. The van der Waals surface area contributed by atoms with Crippen LogP contribution < -0.4 is 9.47 Å². The highest BCUT2D eigenvalue weighted by Gasteiger charge is 2.05. The summed E-state index contributed by atoms with van der Waals surface area (Å²) < 4.78 is 11.7. The quantitative estimate of drug-likeness (QED) is 0.0678. The van der Waals surface area contributed by atoms with Crippen molar-refractivity contribution in [2.75, 3.05) is 19.8 Å². The number of phenolic OH excluding ortho intramolecular Hbond substituents is 2. The van der Waals surface area contributed by atoms with Gasteiger partial charge in [-0.1, -0.05) is 129 Å². The van der Waals surface area contributed by atoms with Crippen molar-refractivity contribution in [3.05, 3.63) is 47.5 Å². The Morgan fingerprint density at radius 1 is 0.553 bits per heavy atom. The molecule has 264 valence electrons. The average Bonchev–Trinajstić information content (AvgIpc) is 3.06. The van der Waals surface area contributed by atoms with Gasteiger partial charge >= 0.3 is 0 Å². The Balaban J connectivity index is 1.60. The zero-order chi connectivity index (χ0) is 33.8. The molecule has 2 N–H and O–H groups in total. The van der Waals surface area contributed by atoms with Crippen LogP contribution in [0.4, 0.5) is 0 Å². The summed E-state index contributed by atoms with van der Waals surface area (Å²) in [6.07, 6.45) is 29.3. The molecule has 2 aromatic carbocycles. The lowest BCUT2D eigenvalue weighted by atomic mass is 10.1. The van der Waals surface area contributed by atoms with Crippen LogP contribution in [0, 0.1) is 0 Å². The van der Waals surface area contributed by atoms with E-state index >= 15 is 0 Å². The fraction of sp³-hybridized carbons (Fsp3) is 0.659. The van der Waals surface area contributed by atoms with Gasteiger partial charge in [0.2, 0.25) is 0 Å². The first-order chi connectivity index (χ1) is 23.0. The molecule has 0 saturated carbocycles. The maximum absolute atomic E-state index is 10.5. The maximum Gasteiger partial charge on any atom is 0.128 e. The number of unbranched alkanes of at least 4 members (excludes halogenated alkanes) is 18. The Kier molecular flexibility index (Phi) is 23.1. The number of ether oxygens (including phenoxy) is 2. The molecule has 0 aromatic heterocycles. The number of phenols is 2. The van der Waals surface area contributed by atoms with E-state index in [4.69, 9.17) is 9.47 Å². The molecular weight excluding hydrogens is 584 g/mol. The van der Waals surface area contributed by atoms with Crippen molar-refractivity contribution in [1.29, 1.82) is 0 Å². The van der Waals surface area contributed by atoms with Crippen molar-refractivity contribution in [2.45, 2.75) is 155 Å². The summed E-state index contributed by atoms with van der Waals surface area (Å²) in [5.74, 6) is 1.68. The van der Waals surface area contributed by atoms with Crippen molar-refractivity contribution < 1.29 is 19.7 Å². The third-order valence-electron chi connectivity index (χ3n) is 8.61. The molecule has 0 aliphatic rings. The molecule has 2 aromatic rings. The van der Waals surface area contributed by atoms with E-state index in [1.54, 1.807) is 24.6 Å². The van der Waals surface area contributed by atoms with E-state index in [2.05, 4.69) is 23.8 Å². The van der Waals surface area contributed by atoms with Gasteiger partial charge in [0.25, 0.3) is 0 Å². The molecule has 1 atom stereocenters. The molecule has 0 aliphatic heterocycles. The highest BCUT2D eigenvalue weighted by atomic mass is 16.5. The SMILES string of the molecule is CCCCCCCCCCCCOc1ccc(C=NCC(C)N=Cc2ccc(OCCCCCCCCCCCC)cc2O)c(O)c1. The van der Waals surface area contributed by atoms with Gasteiger partial charge in [-0.25, -0.2) is 0 Å². The molecule has 0 amide bonds. The second-order valence-electron chi connectivity index (χ2n) is 13.1. The summed E-state index contributed by atoms with van der Waals surface area (Å²) in [5, 5.41) is 20.9. The van der Waals surface area contributed by atoms with Gasteiger partial charge in [-0.15, -0.1) is 0 Å². The van der Waals surface area contributed by atoms with E-state index in [-0.39, 0.29) is 17.5 Å². The molecule has 0 saturated heterocycles. The normalized spacial score (nSPS) is 12.3. The zero-order valence-corrected chi connectivity index (χ0v) is 30.1. The molecule has 1 unspecified atom stereocenters. The molecule has 0 heterocycles. The van der Waals surface area contributed by atoms with Crippen LogP contribution in [0.1, 0.15) is 160 Å². The summed E-state index contributed by atoms with van der Waals surface area (Å²) in [5.41, 5.74) is 1.30. The van der Waals surface area contributed by atoms with Gasteiger partial charge in [0, 0.05) is 35.7 Å². The van der Waals surface area contributed by atoms with Gasteiger partial charge < -0.3 is 19.7 Å². The standard InChI is InChI=1S/C41H66N2O4/c1-4-6-8-10-12-14-16-18-20-22-28-46-38-26-24-36(40(44)30-38)33-42-32-35(3)43-34-37-25-27-39(31-41(37)45)47-29-23-21-19-17-15-13-11-9-7-5-2/h24-27,30-31,33-35,44-45H,4-23,28-29,32H2,1-3H3. The Hall–Kier alpha value is -3.02. The number of hydrogen-bond donors (Lipinski definition) is 2. The molecule has 0 fully saturated rings. The van der Waals surface area contributed by atoms with Gasteiger partial charge in [-0.05, 0) is 44.0 Å². The zero-order valence-electron chi connectivity index (χ0n) is 30.1. The molecule has 0 spiro atoms. The van der Waals surface area contributed by atoms with Crippen LogP contribution >= 0.6 is 0 Å². The average molecular weight is 651 g/mol. The van der Waals surface area contributed by atoms with Gasteiger partial charge in [0.1, 0.15) is 23.0 Å². The fourth-order valence-electron chi connectivity index (χ4n) is 5.56. The second kappa shape index (κ2) is 27.0. The minimum absolute atomic E-state index is 0.0799. The van der Waals surface area contributed by atoms with Crippen molar-refractivity contribution >= 4 is 12.4 Å². The van der Waals surface area contributed by atoms with E-state index in [9.17, 15) is 10.2 Å². The first kappa shape index (κ1) is 40.2. The molecule has 0 aliphatic carbocycles. The fourth-order valence-corrected chi connectivity index (χ4v) is 5.56. The highest BCUT2D eigenvalue weighted by molar-refractivity contribution is 5.84. The Morgan fingerprint density at radius 2 is 0.936 bits per heavy atom. The van der Waals surface area contributed by atoms with Crippen LogP contribution in [0.3, 0.4) is 0 Å². The third kappa shape index (κ3) is 20.1. The second-order valence-corrected chi connectivity index (χ2v) is 13.1. The molecule has 6 heteroatoms. The summed E-state index contributed by atoms with van der Waals surface area (Å²) in [7, 11) is 0. The van der Waals surface area contributed by atoms with Crippen molar-refractivity contribution in [2.24, 2.45) is 9.98 Å². The molecule has 2 rings (SSSR count). The van der Waals surface area contributed by atoms with Crippen molar-refractivity contribution in [3.63, 3.8) is 0 Å². The van der Waals surface area contributed by atoms with Crippen LogP contribution in [-0.2, 0) is 0 Å². The van der Waals surface area contributed by atoms with Crippen LogP contribution in [0.25, 0.3) is 0 Å². The van der Waals surface area contributed by atoms with Crippen molar-refractivity contribution in [3.8, 4) is 23.0 Å². The van der Waals surface area contributed by atoms with Crippen molar-refractivity contribution in [1.82, 2.24) is 0 Å². The maximum atomic E-state index is 10.5. The van der Waals surface area contributed by atoms with Gasteiger partial charge in [0.15, 0.2) is 0 Å². The van der Waals surface area contributed by atoms with Gasteiger partial charge in [-0.2, -0.15) is 0 Å². The Labute approximate surface area is 287 Å². The molecular formula is C41H66N2O4. The number of benzene rings is 2. The first-order valence-electron chi connectivity index (χ1n) is 19.0. The summed E-state index contributed by atoms with van der Waals surface area (Å²) in [6.45, 7) is 8.30. The molecule has 0 bridgehead atoms. The summed E-state index contributed by atoms with van der Waals surface area (Å²) in [6, 6.07) is 10.7. The van der Waals surface area contributed by atoms with E-state index in [1.165, 1.54) is 116 Å². The third-order valence-corrected chi connectivity index (χ3v) is 8.61. The predicted octanol–water partition coefficient (Wildman–Crippen LogP) is 11.6. The largest absolute Gasteiger partial charge is 0.507 e. The number of rotatable bonds is 29. The van der Waals surface area contributed by atoms with E-state index in [0.717, 1.165) is 12.8 Å².